The molecule has 1 aromatic rings. The molecule has 0 saturated carbocycles. The Morgan fingerprint density at radius 1 is 1.17 bits per heavy atom. The molecule has 132 valence electrons. The normalized spacial score (nSPS) is 25.1. The van der Waals surface area contributed by atoms with E-state index in [0.29, 0.717) is 32.7 Å². The van der Waals surface area contributed by atoms with Crippen LogP contribution in [0.15, 0.2) is 30.3 Å². The quantitative estimate of drug-likeness (QED) is 0.853. The Hall–Kier alpha value is -1.43. The van der Waals surface area contributed by atoms with Crippen molar-refractivity contribution < 1.29 is 14.6 Å². The van der Waals surface area contributed by atoms with Gasteiger partial charge in [-0.25, -0.2) is 0 Å². The fraction of sp³-hybridized carbons (Fsp3) is 0.632. The summed E-state index contributed by atoms with van der Waals surface area (Å²) in [5, 5.41) is 10.1. The second kappa shape index (κ2) is 8.10. The van der Waals surface area contributed by atoms with Crippen LogP contribution in [-0.4, -0.2) is 72.4 Å². The van der Waals surface area contributed by atoms with Gasteiger partial charge in [0.2, 0.25) is 5.91 Å². The molecule has 0 aromatic heterocycles. The first-order chi connectivity index (χ1) is 11.7. The van der Waals surface area contributed by atoms with E-state index in [0.717, 1.165) is 32.4 Å². The van der Waals surface area contributed by atoms with E-state index in [1.165, 1.54) is 5.56 Å². The fourth-order valence-corrected chi connectivity index (χ4v) is 3.96. The van der Waals surface area contributed by atoms with Crippen LogP contribution < -0.4 is 0 Å². The summed E-state index contributed by atoms with van der Waals surface area (Å²) in [6.07, 6.45) is 3.44. The van der Waals surface area contributed by atoms with Crippen LogP contribution >= 0.6 is 0 Å². The Balaban J connectivity index is 1.59. The minimum Gasteiger partial charge on any atom is -0.394 e. The molecule has 1 unspecified atom stereocenters. The molecule has 1 atom stereocenters. The number of rotatable bonds is 6. The summed E-state index contributed by atoms with van der Waals surface area (Å²) in [7, 11) is 0. The summed E-state index contributed by atoms with van der Waals surface area (Å²) >= 11 is 0. The average Bonchev–Trinajstić information content (AvgIpc) is 3.04. The highest BCUT2D eigenvalue weighted by molar-refractivity contribution is 5.76. The Bertz CT molecular complexity index is 531. The van der Waals surface area contributed by atoms with Gasteiger partial charge in [-0.3, -0.25) is 9.69 Å². The van der Waals surface area contributed by atoms with Gasteiger partial charge < -0.3 is 14.7 Å². The number of aliphatic hydroxyl groups is 1. The smallest absolute Gasteiger partial charge is 0.224 e. The zero-order valence-corrected chi connectivity index (χ0v) is 14.3. The molecule has 1 aromatic carbocycles. The highest BCUT2D eigenvalue weighted by Crippen LogP contribution is 2.32. The molecule has 2 fully saturated rings. The number of carbonyl (C=O) groups excluding carboxylic acids is 1. The molecule has 0 radical (unpaired) electrons. The number of ether oxygens (including phenoxy) is 1. The minimum absolute atomic E-state index is 0.146. The van der Waals surface area contributed by atoms with Gasteiger partial charge in [0.1, 0.15) is 0 Å². The first-order valence-electron chi connectivity index (χ1n) is 8.99. The summed E-state index contributed by atoms with van der Waals surface area (Å²) in [5.41, 5.74) is 1.03. The topological polar surface area (TPSA) is 53.0 Å². The van der Waals surface area contributed by atoms with Gasteiger partial charge in [-0.1, -0.05) is 30.3 Å². The minimum atomic E-state index is -0.216. The lowest BCUT2D eigenvalue weighted by atomic mass is 9.88. The summed E-state index contributed by atoms with van der Waals surface area (Å²) < 4.78 is 5.31. The second-order valence-corrected chi connectivity index (χ2v) is 6.88. The molecule has 24 heavy (non-hydrogen) atoms. The van der Waals surface area contributed by atoms with Crippen LogP contribution in [0.4, 0.5) is 0 Å². The number of hydrogen-bond donors (Lipinski definition) is 1. The molecule has 5 heteroatoms. The van der Waals surface area contributed by atoms with Gasteiger partial charge in [0, 0.05) is 31.6 Å². The number of nitrogens with zero attached hydrogens (tertiary/aromatic N) is 2. The second-order valence-electron chi connectivity index (χ2n) is 6.88. The van der Waals surface area contributed by atoms with E-state index in [9.17, 15) is 9.90 Å². The Kier molecular flexibility index (Phi) is 5.87. The molecule has 3 rings (SSSR count). The summed E-state index contributed by atoms with van der Waals surface area (Å²) in [6, 6.07) is 10.3. The first-order valence-corrected chi connectivity index (χ1v) is 8.99. The van der Waals surface area contributed by atoms with Gasteiger partial charge in [0.15, 0.2) is 0 Å². The standard InChI is InChI=1S/C19H28N2O3/c22-16-19(15-17-5-2-1-3-6-17)8-4-9-21(19)10-7-18(23)20-11-13-24-14-12-20/h1-3,5-6,22H,4,7-16H2. The number of morpholine rings is 1. The van der Waals surface area contributed by atoms with Crippen molar-refractivity contribution in [1.82, 2.24) is 9.80 Å². The summed E-state index contributed by atoms with van der Waals surface area (Å²) in [5.74, 6) is 0.205. The van der Waals surface area contributed by atoms with Crippen molar-refractivity contribution in [3.8, 4) is 0 Å². The van der Waals surface area contributed by atoms with Gasteiger partial charge in [0.25, 0.3) is 0 Å². The van der Waals surface area contributed by atoms with Gasteiger partial charge >= 0.3 is 0 Å². The zero-order chi connectivity index (χ0) is 16.8. The lowest BCUT2D eigenvalue weighted by Gasteiger charge is -2.38. The molecule has 0 aliphatic carbocycles. The van der Waals surface area contributed by atoms with Crippen LogP contribution in [0.25, 0.3) is 0 Å². The highest BCUT2D eigenvalue weighted by atomic mass is 16.5. The van der Waals surface area contributed by atoms with Crippen LogP contribution in [-0.2, 0) is 16.0 Å². The number of aliphatic hydroxyl groups excluding tert-OH is 1. The van der Waals surface area contributed by atoms with Crippen molar-refractivity contribution >= 4 is 5.91 Å². The van der Waals surface area contributed by atoms with Crippen molar-refractivity contribution in [2.24, 2.45) is 0 Å². The fourth-order valence-electron chi connectivity index (χ4n) is 3.96. The summed E-state index contributed by atoms with van der Waals surface area (Å²) in [4.78, 5) is 16.6. The molecule has 2 aliphatic heterocycles. The number of likely N-dealkylation sites (tertiary alicyclic amines) is 1. The molecular weight excluding hydrogens is 304 g/mol. The first kappa shape index (κ1) is 17.4. The van der Waals surface area contributed by atoms with Crippen LogP contribution in [0.2, 0.25) is 0 Å². The van der Waals surface area contributed by atoms with Crippen LogP contribution in [0.3, 0.4) is 0 Å². The zero-order valence-electron chi connectivity index (χ0n) is 14.3. The molecule has 1 N–H and O–H groups in total. The molecule has 2 heterocycles. The van der Waals surface area contributed by atoms with Crippen molar-refractivity contribution in [2.75, 3.05) is 46.0 Å². The van der Waals surface area contributed by atoms with Crippen molar-refractivity contribution in [2.45, 2.75) is 31.2 Å². The van der Waals surface area contributed by atoms with E-state index >= 15 is 0 Å². The number of carbonyl (C=O) groups is 1. The van der Waals surface area contributed by atoms with E-state index in [1.807, 2.05) is 23.1 Å². The number of amides is 1. The maximum Gasteiger partial charge on any atom is 0.224 e. The van der Waals surface area contributed by atoms with Gasteiger partial charge in [0.05, 0.1) is 19.8 Å². The number of benzene rings is 1. The molecular formula is C19H28N2O3. The molecule has 5 nitrogen and oxygen atoms in total. The predicted molar refractivity (Wildman–Crippen MR) is 92.8 cm³/mol. The van der Waals surface area contributed by atoms with E-state index in [-0.39, 0.29) is 18.1 Å². The molecule has 0 bridgehead atoms. The third-order valence-corrected chi connectivity index (χ3v) is 5.37. The molecule has 0 spiro atoms. The maximum atomic E-state index is 12.4. The Morgan fingerprint density at radius 2 is 1.92 bits per heavy atom. The molecule has 2 aliphatic rings. The Labute approximate surface area is 144 Å². The monoisotopic (exact) mass is 332 g/mol. The van der Waals surface area contributed by atoms with Crippen LogP contribution in [0.1, 0.15) is 24.8 Å². The summed E-state index contributed by atoms with van der Waals surface area (Å²) in [6.45, 7) is 4.52. The van der Waals surface area contributed by atoms with E-state index < -0.39 is 0 Å². The Morgan fingerprint density at radius 3 is 2.62 bits per heavy atom. The third-order valence-electron chi connectivity index (χ3n) is 5.37. The van der Waals surface area contributed by atoms with E-state index in [1.54, 1.807) is 0 Å². The van der Waals surface area contributed by atoms with E-state index in [4.69, 9.17) is 4.74 Å². The lowest BCUT2D eigenvalue weighted by molar-refractivity contribution is -0.135. The van der Waals surface area contributed by atoms with Crippen molar-refractivity contribution in [3.63, 3.8) is 0 Å². The molecule has 2 saturated heterocycles. The largest absolute Gasteiger partial charge is 0.394 e. The van der Waals surface area contributed by atoms with Crippen molar-refractivity contribution in [1.29, 1.82) is 0 Å². The predicted octanol–water partition coefficient (Wildman–Crippen LogP) is 1.30. The van der Waals surface area contributed by atoms with Gasteiger partial charge in [-0.2, -0.15) is 0 Å². The van der Waals surface area contributed by atoms with Crippen LogP contribution in [0.5, 0.6) is 0 Å². The molecule has 1 amide bonds. The van der Waals surface area contributed by atoms with Crippen LogP contribution in [0, 0.1) is 0 Å². The highest BCUT2D eigenvalue weighted by Gasteiger charge is 2.40. The van der Waals surface area contributed by atoms with Gasteiger partial charge in [-0.05, 0) is 31.4 Å². The van der Waals surface area contributed by atoms with E-state index in [2.05, 4.69) is 17.0 Å². The maximum absolute atomic E-state index is 12.4. The van der Waals surface area contributed by atoms with Gasteiger partial charge in [-0.15, -0.1) is 0 Å². The van der Waals surface area contributed by atoms with Crippen molar-refractivity contribution in [3.05, 3.63) is 35.9 Å². The number of hydrogen-bond acceptors (Lipinski definition) is 4. The third kappa shape index (κ3) is 3.97. The lowest BCUT2D eigenvalue weighted by Crippen LogP contribution is -2.50. The SMILES string of the molecule is O=C(CCN1CCCC1(CO)Cc1ccccc1)N1CCOCC1. The average molecular weight is 332 g/mol.